The first-order valence-electron chi connectivity index (χ1n) is 5.72. The van der Waals surface area contributed by atoms with Crippen LogP contribution in [0, 0.1) is 0 Å². The molecule has 0 bridgehead atoms. The van der Waals surface area contributed by atoms with Crippen molar-refractivity contribution in [3.63, 3.8) is 0 Å². The van der Waals surface area contributed by atoms with Gasteiger partial charge in [-0.1, -0.05) is 17.7 Å². The summed E-state index contributed by atoms with van der Waals surface area (Å²) in [6, 6.07) is 10.4. The summed E-state index contributed by atoms with van der Waals surface area (Å²) in [6.07, 6.45) is 0. The largest absolute Gasteiger partial charge is 0.465 e. The zero-order chi connectivity index (χ0) is 14.7. The highest BCUT2D eigenvalue weighted by Crippen LogP contribution is 2.33. The SMILES string of the molecule is COC(=O)c1cc(N)ccc1Nc1cccc(Cl)c1Br. The van der Waals surface area contributed by atoms with Gasteiger partial charge >= 0.3 is 5.97 Å². The van der Waals surface area contributed by atoms with Crippen molar-refractivity contribution in [2.75, 3.05) is 18.2 Å². The Labute approximate surface area is 130 Å². The predicted molar refractivity (Wildman–Crippen MR) is 84.6 cm³/mol. The number of carbonyl (C=O) groups is 1. The average Bonchev–Trinajstić information content (AvgIpc) is 2.44. The summed E-state index contributed by atoms with van der Waals surface area (Å²) < 4.78 is 5.47. The number of benzene rings is 2. The summed E-state index contributed by atoms with van der Waals surface area (Å²) in [5, 5.41) is 3.71. The van der Waals surface area contributed by atoms with Gasteiger partial charge in [-0.05, 0) is 46.3 Å². The first-order valence-corrected chi connectivity index (χ1v) is 6.89. The molecule has 0 aliphatic carbocycles. The van der Waals surface area contributed by atoms with Crippen molar-refractivity contribution < 1.29 is 9.53 Å². The summed E-state index contributed by atoms with van der Waals surface area (Å²) in [7, 11) is 1.32. The van der Waals surface area contributed by atoms with E-state index in [4.69, 9.17) is 22.1 Å². The minimum Gasteiger partial charge on any atom is -0.465 e. The van der Waals surface area contributed by atoms with Crippen molar-refractivity contribution in [3.05, 3.63) is 51.5 Å². The van der Waals surface area contributed by atoms with Gasteiger partial charge in [0.15, 0.2) is 0 Å². The van der Waals surface area contributed by atoms with Gasteiger partial charge in [0.2, 0.25) is 0 Å². The van der Waals surface area contributed by atoms with Gasteiger partial charge in [-0.2, -0.15) is 0 Å². The van der Waals surface area contributed by atoms with Crippen LogP contribution in [0.1, 0.15) is 10.4 Å². The van der Waals surface area contributed by atoms with Crippen LogP contribution in [0.15, 0.2) is 40.9 Å². The first-order chi connectivity index (χ1) is 9.52. The Morgan fingerprint density at radius 1 is 1.30 bits per heavy atom. The standard InChI is InChI=1S/C14H12BrClN2O2/c1-20-14(19)9-7-8(17)5-6-11(9)18-12-4-2-3-10(16)13(12)15/h2-7,18H,17H2,1H3. The van der Waals surface area contributed by atoms with Crippen molar-refractivity contribution in [1.82, 2.24) is 0 Å². The maximum Gasteiger partial charge on any atom is 0.340 e. The number of nitrogens with one attached hydrogen (secondary N) is 1. The molecule has 2 rings (SSSR count). The van der Waals surface area contributed by atoms with Crippen LogP contribution in [-0.2, 0) is 4.74 Å². The first kappa shape index (κ1) is 14.7. The van der Waals surface area contributed by atoms with E-state index >= 15 is 0 Å². The molecule has 0 saturated heterocycles. The molecule has 4 nitrogen and oxygen atoms in total. The van der Waals surface area contributed by atoms with Crippen LogP contribution in [-0.4, -0.2) is 13.1 Å². The lowest BCUT2D eigenvalue weighted by Gasteiger charge is -2.13. The molecule has 0 spiro atoms. The van der Waals surface area contributed by atoms with E-state index < -0.39 is 5.97 Å². The van der Waals surface area contributed by atoms with Crippen molar-refractivity contribution in [2.24, 2.45) is 0 Å². The number of ether oxygens (including phenoxy) is 1. The molecule has 0 aliphatic rings. The maximum absolute atomic E-state index is 11.8. The van der Waals surface area contributed by atoms with Crippen molar-refractivity contribution >= 4 is 50.6 Å². The number of hydrogen-bond donors (Lipinski definition) is 2. The molecular weight excluding hydrogens is 344 g/mol. The number of nitrogen functional groups attached to an aromatic ring is 1. The van der Waals surface area contributed by atoms with E-state index in [0.29, 0.717) is 26.4 Å². The van der Waals surface area contributed by atoms with Crippen LogP contribution in [0.2, 0.25) is 5.02 Å². The van der Waals surface area contributed by atoms with Gasteiger partial charge in [-0.3, -0.25) is 0 Å². The lowest BCUT2D eigenvalue weighted by Crippen LogP contribution is -2.06. The Kier molecular flexibility index (Phi) is 4.52. The van der Waals surface area contributed by atoms with Gasteiger partial charge in [-0.25, -0.2) is 4.79 Å². The molecule has 0 unspecified atom stereocenters. The van der Waals surface area contributed by atoms with Gasteiger partial charge in [0, 0.05) is 5.69 Å². The van der Waals surface area contributed by atoms with E-state index in [-0.39, 0.29) is 0 Å². The molecule has 0 saturated carbocycles. The molecule has 0 aliphatic heterocycles. The molecule has 20 heavy (non-hydrogen) atoms. The van der Waals surface area contributed by atoms with Crippen LogP contribution < -0.4 is 11.1 Å². The number of carbonyl (C=O) groups excluding carboxylic acids is 1. The fraction of sp³-hybridized carbons (Fsp3) is 0.0714. The zero-order valence-electron chi connectivity index (χ0n) is 10.6. The molecule has 0 amide bonds. The number of nitrogens with two attached hydrogens (primary N) is 1. The minimum absolute atomic E-state index is 0.361. The monoisotopic (exact) mass is 354 g/mol. The van der Waals surface area contributed by atoms with E-state index in [1.54, 1.807) is 24.3 Å². The lowest BCUT2D eigenvalue weighted by atomic mass is 10.1. The molecular formula is C14H12BrClN2O2. The highest BCUT2D eigenvalue weighted by Gasteiger charge is 2.14. The van der Waals surface area contributed by atoms with Gasteiger partial charge < -0.3 is 15.8 Å². The van der Waals surface area contributed by atoms with Crippen molar-refractivity contribution in [3.8, 4) is 0 Å². The summed E-state index contributed by atoms with van der Waals surface area (Å²) in [5.41, 5.74) is 7.88. The maximum atomic E-state index is 11.8. The molecule has 0 aromatic heterocycles. The highest BCUT2D eigenvalue weighted by molar-refractivity contribution is 9.10. The minimum atomic E-state index is -0.460. The van der Waals surface area contributed by atoms with E-state index in [9.17, 15) is 4.79 Å². The number of rotatable bonds is 3. The quantitative estimate of drug-likeness (QED) is 0.639. The van der Waals surface area contributed by atoms with Gasteiger partial charge in [0.25, 0.3) is 0 Å². The van der Waals surface area contributed by atoms with Crippen LogP contribution >= 0.6 is 27.5 Å². The third-order valence-corrected chi connectivity index (χ3v) is 4.07. The Bertz CT molecular complexity index is 662. The third kappa shape index (κ3) is 3.05. The second kappa shape index (κ2) is 6.15. The molecule has 6 heteroatoms. The van der Waals surface area contributed by atoms with E-state index in [1.165, 1.54) is 7.11 Å². The Balaban J connectivity index is 2.43. The Hall–Kier alpha value is -1.72. The van der Waals surface area contributed by atoms with Crippen LogP contribution in [0.25, 0.3) is 0 Å². The van der Waals surface area contributed by atoms with E-state index in [1.807, 2.05) is 12.1 Å². The van der Waals surface area contributed by atoms with E-state index in [2.05, 4.69) is 21.2 Å². The molecule has 0 heterocycles. The molecule has 0 atom stereocenters. The van der Waals surface area contributed by atoms with Gasteiger partial charge in [0.05, 0.1) is 33.5 Å². The summed E-state index contributed by atoms with van der Waals surface area (Å²) in [6.45, 7) is 0. The average molecular weight is 356 g/mol. The molecule has 0 fully saturated rings. The Morgan fingerprint density at radius 3 is 2.75 bits per heavy atom. The number of halogens is 2. The van der Waals surface area contributed by atoms with Crippen molar-refractivity contribution in [2.45, 2.75) is 0 Å². The molecule has 3 N–H and O–H groups in total. The third-order valence-electron chi connectivity index (χ3n) is 2.67. The lowest BCUT2D eigenvalue weighted by molar-refractivity contribution is 0.0602. The molecule has 0 radical (unpaired) electrons. The van der Waals surface area contributed by atoms with Crippen LogP contribution in [0.3, 0.4) is 0 Å². The van der Waals surface area contributed by atoms with Crippen molar-refractivity contribution in [1.29, 1.82) is 0 Å². The second-order valence-electron chi connectivity index (χ2n) is 4.02. The summed E-state index contributed by atoms with van der Waals surface area (Å²) >= 11 is 9.43. The number of methoxy groups -OCH3 is 1. The number of hydrogen-bond acceptors (Lipinski definition) is 4. The normalized spacial score (nSPS) is 10.2. The zero-order valence-corrected chi connectivity index (χ0v) is 13.0. The number of anilines is 3. The topological polar surface area (TPSA) is 64.3 Å². The fourth-order valence-corrected chi connectivity index (χ4v) is 2.23. The highest BCUT2D eigenvalue weighted by atomic mass is 79.9. The Morgan fingerprint density at radius 2 is 2.05 bits per heavy atom. The fourth-order valence-electron chi connectivity index (χ4n) is 1.70. The summed E-state index contributed by atoms with van der Waals surface area (Å²) in [4.78, 5) is 11.8. The molecule has 2 aromatic carbocycles. The predicted octanol–water partition coefficient (Wildman–Crippen LogP) is 4.21. The van der Waals surface area contributed by atoms with Gasteiger partial charge in [-0.15, -0.1) is 0 Å². The van der Waals surface area contributed by atoms with Crippen LogP contribution in [0.4, 0.5) is 17.1 Å². The number of esters is 1. The van der Waals surface area contributed by atoms with Gasteiger partial charge in [0.1, 0.15) is 0 Å². The second-order valence-corrected chi connectivity index (χ2v) is 5.22. The molecule has 104 valence electrons. The van der Waals surface area contributed by atoms with E-state index in [0.717, 1.165) is 5.69 Å². The van der Waals surface area contributed by atoms with Crippen LogP contribution in [0.5, 0.6) is 0 Å². The smallest absolute Gasteiger partial charge is 0.340 e. The summed E-state index contributed by atoms with van der Waals surface area (Å²) in [5.74, 6) is -0.460. The molecule has 2 aromatic rings.